The summed E-state index contributed by atoms with van der Waals surface area (Å²) in [5.74, 6) is 0.181. The van der Waals surface area contributed by atoms with Gasteiger partial charge in [0.25, 0.3) is 0 Å². The second-order valence-corrected chi connectivity index (χ2v) is 8.98. The lowest BCUT2D eigenvalue weighted by molar-refractivity contribution is -0.130. The van der Waals surface area contributed by atoms with Crippen LogP contribution in [0.25, 0.3) is 16.9 Å². The summed E-state index contributed by atoms with van der Waals surface area (Å²) >= 11 is 6.09. The predicted molar refractivity (Wildman–Crippen MR) is 130 cm³/mol. The van der Waals surface area contributed by atoms with Crippen LogP contribution in [0.5, 0.6) is 0 Å². The number of para-hydroxylation sites is 1. The van der Waals surface area contributed by atoms with Crippen LogP contribution in [0.1, 0.15) is 37.7 Å². The van der Waals surface area contributed by atoms with E-state index in [1.807, 2.05) is 77.4 Å². The lowest BCUT2D eigenvalue weighted by Gasteiger charge is -2.18. The van der Waals surface area contributed by atoms with Crippen LogP contribution in [-0.4, -0.2) is 52.2 Å². The zero-order chi connectivity index (χ0) is 22.3. The molecule has 1 aromatic heterocycles. The van der Waals surface area contributed by atoms with E-state index in [1.54, 1.807) is 0 Å². The van der Waals surface area contributed by atoms with Gasteiger partial charge in [-0.1, -0.05) is 41.9 Å². The van der Waals surface area contributed by atoms with Crippen molar-refractivity contribution in [2.45, 2.75) is 38.6 Å². The molecule has 1 fully saturated rings. The number of carbonyl (C=O) groups is 1. The Kier molecular flexibility index (Phi) is 7.61. The maximum Gasteiger partial charge on any atom is 0.222 e. The van der Waals surface area contributed by atoms with Gasteiger partial charge >= 0.3 is 0 Å². The highest BCUT2D eigenvalue weighted by Crippen LogP contribution is 2.26. The molecule has 2 aromatic carbocycles. The smallest absolute Gasteiger partial charge is 0.222 e. The lowest BCUT2D eigenvalue weighted by Crippen LogP contribution is -2.26. The van der Waals surface area contributed by atoms with Crippen LogP contribution in [-0.2, 0) is 11.3 Å². The summed E-state index contributed by atoms with van der Waals surface area (Å²) in [5.41, 5.74) is 3.87. The third-order valence-corrected chi connectivity index (χ3v) is 6.33. The van der Waals surface area contributed by atoms with Gasteiger partial charge in [0, 0.05) is 42.4 Å². The number of benzene rings is 2. The minimum Gasteiger partial charge on any atom is -0.341 e. The van der Waals surface area contributed by atoms with Crippen molar-refractivity contribution in [3.63, 3.8) is 0 Å². The summed E-state index contributed by atoms with van der Waals surface area (Å²) in [5, 5.41) is 5.54. The second-order valence-electron chi connectivity index (χ2n) is 8.55. The summed E-state index contributed by atoms with van der Waals surface area (Å²) in [6.45, 7) is 4.07. The number of unbranched alkanes of at least 4 members (excludes halogenated alkanes) is 1. The van der Waals surface area contributed by atoms with Crippen molar-refractivity contribution in [1.82, 2.24) is 19.6 Å². The number of amides is 1. The van der Waals surface area contributed by atoms with Crippen molar-refractivity contribution >= 4 is 17.5 Å². The summed E-state index contributed by atoms with van der Waals surface area (Å²) < 4.78 is 1.88. The molecule has 168 valence electrons. The molecule has 2 heterocycles. The van der Waals surface area contributed by atoms with Crippen LogP contribution in [0.4, 0.5) is 0 Å². The van der Waals surface area contributed by atoms with Crippen molar-refractivity contribution in [1.29, 1.82) is 0 Å². The fourth-order valence-corrected chi connectivity index (χ4v) is 4.37. The van der Waals surface area contributed by atoms with Gasteiger partial charge in [0.05, 0.1) is 11.4 Å². The Morgan fingerprint density at radius 2 is 1.75 bits per heavy atom. The molecule has 1 amide bonds. The fraction of sp³-hybridized carbons (Fsp3) is 0.385. The molecule has 0 atom stereocenters. The maximum atomic E-state index is 12.8. The molecule has 32 heavy (non-hydrogen) atoms. The normalized spacial score (nSPS) is 14.1. The van der Waals surface area contributed by atoms with E-state index in [4.69, 9.17) is 16.7 Å². The van der Waals surface area contributed by atoms with Gasteiger partial charge < -0.3 is 9.80 Å². The van der Waals surface area contributed by atoms with E-state index < -0.39 is 0 Å². The molecule has 0 unspecified atom stereocenters. The van der Waals surface area contributed by atoms with E-state index in [-0.39, 0.29) is 5.91 Å². The monoisotopic (exact) mass is 450 g/mol. The van der Waals surface area contributed by atoms with Gasteiger partial charge in [0.2, 0.25) is 5.91 Å². The third kappa shape index (κ3) is 5.78. The van der Waals surface area contributed by atoms with E-state index in [1.165, 1.54) is 25.9 Å². The van der Waals surface area contributed by atoms with E-state index in [2.05, 4.69) is 4.90 Å². The van der Waals surface area contributed by atoms with Crippen LogP contribution >= 0.6 is 11.6 Å². The zero-order valence-corrected chi connectivity index (χ0v) is 19.5. The first-order chi connectivity index (χ1) is 15.6. The lowest BCUT2D eigenvalue weighted by atomic mass is 10.1. The second kappa shape index (κ2) is 10.8. The minimum atomic E-state index is 0.181. The molecular weight excluding hydrogens is 420 g/mol. The molecule has 0 N–H and O–H groups in total. The fourth-order valence-electron chi connectivity index (χ4n) is 4.24. The number of nitrogens with zero attached hydrogens (tertiary/aromatic N) is 4. The third-order valence-electron chi connectivity index (χ3n) is 6.08. The Morgan fingerprint density at radius 1 is 1.03 bits per heavy atom. The molecule has 0 bridgehead atoms. The Hall–Kier alpha value is -2.63. The highest BCUT2D eigenvalue weighted by atomic mass is 35.5. The zero-order valence-electron chi connectivity index (χ0n) is 18.7. The van der Waals surface area contributed by atoms with Crippen molar-refractivity contribution < 1.29 is 4.79 Å². The SMILES string of the molecule is CN(Cc1cn(-c2ccccc2)nc1-c1ccc(Cl)cc1)C(=O)CCCCN1CCCC1. The Labute approximate surface area is 195 Å². The highest BCUT2D eigenvalue weighted by molar-refractivity contribution is 6.30. The van der Waals surface area contributed by atoms with E-state index in [0.717, 1.165) is 41.9 Å². The number of carbonyl (C=O) groups excluding carboxylic acids is 1. The standard InChI is InChI=1S/C26H31ClN4O/c1-29(25(32)11-5-6-16-30-17-7-8-18-30)19-22-20-31(24-9-3-2-4-10-24)28-26(22)21-12-14-23(27)15-13-21/h2-4,9-10,12-15,20H,5-8,11,16-19H2,1H3. The molecule has 6 heteroatoms. The molecule has 5 nitrogen and oxygen atoms in total. The predicted octanol–water partition coefficient (Wildman–Crippen LogP) is 5.42. The Morgan fingerprint density at radius 3 is 2.47 bits per heavy atom. The minimum absolute atomic E-state index is 0.181. The summed E-state index contributed by atoms with van der Waals surface area (Å²) in [4.78, 5) is 17.1. The summed E-state index contributed by atoms with van der Waals surface area (Å²) in [6, 6.07) is 17.7. The van der Waals surface area contributed by atoms with Crippen LogP contribution < -0.4 is 0 Å². The maximum absolute atomic E-state index is 12.8. The van der Waals surface area contributed by atoms with Crippen LogP contribution in [0.3, 0.4) is 0 Å². The van der Waals surface area contributed by atoms with Gasteiger partial charge in [0.1, 0.15) is 0 Å². The van der Waals surface area contributed by atoms with E-state index in [0.29, 0.717) is 18.0 Å². The van der Waals surface area contributed by atoms with Gasteiger partial charge in [0.15, 0.2) is 0 Å². The molecule has 1 aliphatic heterocycles. The molecule has 1 aliphatic rings. The van der Waals surface area contributed by atoms with Crippen LogP contribution in [0.15, 0.2) is 60.8 Å². The molecular formula is C26H31ClN4O. The first kappa shape index (κ1) is 22.6. The number of aromatic nitrogens is 2. The average molecular weight is 451 g/mol. The number of rotatable bonds is 9. The highest BCUT2D eigenvalue weighted by Gasteiger charge is 2.17. The molecule has 1 saturated heterocycles. The van der Waals surface area contributed by atoms with Crippen molar-refractivity contribution in [3.8, 4) is 16.9 Å². The molecule has 0 saturated carbocycles. The molecule has 0 aliphatic carbocycles. The topological polar surface area (TPSA) is 41.4 Å². The van der Waals surface area contributed by atoms with Crippen LogP contribution in [0, 0.1) is 0 Å². The Bertz CT molecular complexity index is 1010. The summed E-state index contributed by atoms with van der Waals surface area (Å²) in [6.07, 6.45) is 7.26. The van der Waals surface area contributed by atoms with Crippen molar-refractivity contribution in [2.24, 2.45) is 0 Å². The summed E-state index contributed by atoms with van der Waals surface area (Å²) in [7, 11) is 1.88. The van der Waals surface area contributed by atoms with E-state index in [9.17, 15) is 4.79 Å². The molecule has 3 aromatic rings. The number of likely N-dealkylation sites (tertiary alicyclic amines) is 1. The molecule has 0 radical (unpaired) electrons. The first-order valence-corrected chi connectivity index (χ1v) is 11.8. The molecule has 0 spiro atoms. The van der Waals surface area contributed by atoms with Crippen molar-refractivity contribution in [3.05, 3.63) is 71.4 Å². The van der Waals surface area contributed by atoms with Gasteiger partial charge in [-0.25, -0.2) is 4.68 Å². The average Bonchev–Trinajstić information content (AvgIpc) is 3.48. The van der Waals surface area contributed by atoms with Crippen molar-refractivity contribution in [2.75, 3.05) is 26.7 Å². The van der Waals surface area contributed by atoms with Gasteiger partial charge in [-0.05, 0) is 69.6 Å². The van der Waals surface area contributed by atoms with Gasteiger partial charge in [-0.3, -0.25) is 4.79 Å². The largest absolute Gasteiger partial charge is 0.341 e. The number of halogens is 1. The van der Waals surface area contributed by atoms with Gasteiger partial charge in [-0.2, -0.15) is 5.10 Å². The van der Waals surface area contributed by atoms with E-state index >= 15 is 0 Å². The first-order valence-electron chi connectivity index (χ1n) is 11.5. The quantitative estimate of drug-likeness (QED) is 0.409. The van der Waals surface area contributed by atoms with Crippen LogP contribution in [0.2, 0.25) is 5.02 Å². The van der Waals surface area contributed by atoms with Gasteiger partial charge in [-0.15, -0.1) is 0 Å². The Balaban J connectivity index is 1.44. The number of hydrogen-bond acceptors (Lipinski definition) is 3. The molecule has 4 rings (SSSR count). The number of hydrogen-bond donors (Lipinski definition) is 0.